The van der Waals surface area contributed by atoms with Crippen LogP contribution < -0.4 is 9.98 Å². The number of nitrogens with one attached hydrogen (secondary N) is 1. The normalized spacial score (nSPS) is 13.2. The van der Waals surface area contributed by atoms with E-state index in [-0.39, 0.29) is 9.29 Å². The van der Waals surface area contributed by atoms with Crippen molar-refractivity contribution in [3.05, 3.63) is 29.8 Å². The fraction of sp³-hybridized carbons (Fsp3) is 0. The zero-order valence-corrected chi connectivity index (χ0v) is 6.53. The van der Waals surface area contributed by atoms with E-state index in [4.69, 9.17) is 4.84 Å². The van der Waals surface area contributed by atoms with Gasteiger partial charge in [-0.15, -0.1) is 0 Å². The van der Waals surface area contributed by atoms with Crippen LogP contribution in [0.3, 0.4) is 0 Å². The van der Waals surface area contributed by atoms with Crippen molar-refractivity contribution in [3.8, 4) is 5.75 Å². The van der Waals surface area contributed by atoms with Gasteiger partial charge in [-0.05, 0) is 6.07 Å². The van der Waals surface area contributed by atoms with Crippen LogP contribution in [-0.4, -0.2) is 15.0 Å². The number of hydrogen-bond acceptors (Lipinski definition) is 2. The molecule has 1 N–H and O–H groups in total. The van der Waals surface area contributed by atoms with Gasteiger partial charge in [0, 0.05) is 5.56 Å². The molecular weight excluding hydrogens is 142 g/mol. The van der Waals surface area contributed by atoms with Crippen molar-refractivity contribution in [2.24, 2.45) is 0 Å². The molecule has 0 saturated carbocycles. The molecule has 0 saturated heterocycles. The van der Waals surface area contributed by atoms with Gasteiger partial charge in [0.15, 0.2) is 15.0 Å². The highest BCUT2D eigenvalue weighted by Crippen LogP contribution is 2.14. The van der Waals surface area contributed by atoms with E-state index in [9.17, 15) is 0 Å². The monoisotopic (exact) mass is 149 g/mol. The Morgan fingerprint density at radius 1 is 1.30 bits per heavy atom. The molecule has 0 aliphatic carbocycles. The first-order valence-electron chi connectivity index (χ1n) is 3.15. The third-order valence-corrected chi connectivity index (χ3v) is 2.20. The Morgan fingerprint density at radius 3 is 3.10 bits per heavy atom. The first-order valence-corrected chi connectivity index (χ1v) is 4.39. The molecule has 2 nitrogen and oxygen atoms in total. The lowest BCUT2D eigenvalue weighted by atomic mass is 10.2. The van der Waals surface area contributed by atoms with E-state index in [0.717, 1.165) is 5.75 Å². The molecule has 10 heavy (non-hydrogen) atoms. The summed E-state index contributed by atoms with van der Waals surface area (Å²) >= 11 is 0. The average Bonchev–Trinajstić information content (AvgIpc) is 2.05. The maximum absolute atomic E-state index is 5.18. The van der Waals surface area contributed by atoms with Gasteiger partial charge in [0.05, 0.1) is 0 Å². The van der Waals surface area contributed by atoms with Crippen LogP contribution in [0.15, 0.2) is 24.3 Å². The number of rotatable bonds is 0. The van der Waals surface area contributed by atoms with Crippen LogP contribution in [0.2, 0.25) is 0 Å². The largest absolute Gasteiger partial charge is 0.391 e. The topological polar surface area (TPSA) is 21.3 Å². The first-order chi connectivity index (χ1) is 4.97. The van der Waals surface area contributed by atoms with E-state index in [0.29, 0.717) is 0 Å². The van der Waals surface area contributed by atoms with E-state index >= 15 is 0 Å². The minimum atomic E-state index is 0.137. The Kier molecular flexibility index (Phi) is 1.28. The lowest BCUT2D eigenvalue weighted by Crippen LogP contribution is -2.24. The quantitative estimate of drug-likeness (QED) is 0.528. The minimum absolute atomic E-state index is 0.137. The van der Waals surface area contributed by atoms with Gasteiger partial charge in [-0.1, -0.05) is 23.9 Å². The summed E-state index contributed by atoms with van der Waals surface area (Å²) in [5.41, 5.74) is 3.38. The molecule has 2 rings (SSSR count). The highest BCUT2D eigenvalue weighted by Gasteiger charge is 2.01. The average molecular weight is 149 g/mol. The zero-order chi connectivity index (χ0) is 6.81. The summed E-state index contributed by atoms with van der Waals surface area (Å²) in [5, 5.41) is 2.87. The summed E-state index contributed by atoms with van der Waals surface area (Å²) < 4.78 is 0. The maximum Gasteiger partial charge on any atom is 0.160 e. The van der Waals surface area contributed by atoms with E-state index in [1.165, 1.54) is 5.56 Å². The molecule has 0 spiro atoms. The van der Waals surface area contributed by atoms with Crippen LogP contribution >= 0.6 is 0 Å². The lowest BCUT2D eigenvalue weighted by molar-refractivity contribution is 0.274. The predicted octanol–water partition coefficient (Wildman–Crippen LogP) is 0.0854. The van der Waals surface area contributed by atoms with Crippen LogP contribution in [0.1, 0.15) is 5.56 Å². The minimum Gasteiger partial charge on any atom is -0.391 e. The number of benzene rings is 1. The zero-order valence-electron chi connectivity index (χ0n) is 5.37. The summed E-state index contributed by atoms with van der Waals surface area (Å²) in [4.78, 5) is 5.18. The molecule has 50 valence electrons. The van der Waals surface area contributed by atoms with E-state index < -0.39 is 0 Å². The molecule has 1 heterocycles. The second-order valence-electron chi connectivity index (χ2n) is 2.09. The van der Waals surface area contributed by atoms with Crippen LogP contribution in [0.25, 0.3) is 0 Å². The molecule has 0 aromatic heterocycles. The van der Waals surface area contributed by atoms with Gasteiger partial charge in [-0.3, -0.25) is 5.15 Å². The lowest BCUT2D eigenvalue weighted by Gasteiger charge is -2.11. The van der Waals surface area contributed by atoms with Crippen LogP contribution in [0, 0.1) is 0 Å². The molecule has 1 aliphatic heterocycles. The van der Waals surface area contributed by atoms with Gasteiger partial charge in [0.25, 0.3) is 0 Å². The van der Waals surface area contributed by atoms with Crippen LogP contribution in [0.5, 0.6) is 5.75 Å². The number of fused-ring (bicyclic) bond motifs is 1. The number of hydrogen-bond donors (Lipinski definition) is 1. The molecule has 0 unspecified atom stereocenters. The summed E-state index contributed by atoms with van der Waals surface area (Å²) in [6.07, 6.45) is 0. The summed E-state index contributed by atoms with van der Waals surface area (Å²) in [5.74, 6) is 0.932. The smallest absolute Gasteiger partial charge is 0.160 e. The molecule has 1 aliphatic rings. The molecular formula is C7H7NOSi. The van der Waals surface area contributed by atoms with Gasteiger partial charge in [0.1, 0.15) is 0 Å². The van der Waals surface area contributed by atoms with Gasteiger partial charge < -0.3 is 4.84 Å². The summed E-state index contributed by atoms with van der Waals surface area (Å²) in [6, 6.07) is 8.00. The highest BCUT2D eigenvalue weighted by atomic mass is 28.2. The van der Waals surface area contributed by atoms with Gasteiger partial charge >= 0.3 is 0 Å². The van der Waals surface area contributed by atoms with E-state index in [1.807, 2.05) is 18.2 Å². The second-order valence-corrected chi connectivity index (χ2v) is 2.99. The van der Waals surface area contributed by atoms with Crippen molar-refractivity contribution in [3.63, 3.8) is 0 Å². The van der Waals surface area contributed by atoms with E-state index in [2.05, 4.69) is 16.9 Å². The van der Waals surface area contributed by atoms with Gasteiger partial charge in [-0.2, -0.15) is 0 Å². The molecule has 3 heteroatoms. The second kappa shape index (κ2) is 2.26. The Morgan fingerprint density at radius 2 is 2.20 bits per heavy atom. The van der Waals surface area contributed by atoms with Gasteiger partial charge in [0.2, 0.25) is 0 Å². The molecule has 0 atom stereocenters. The predicted molar refractivity (Wildman–Crippen MR) is 42.5 cm³/mol. The van der Waals surface area contributed by atoms with Crippen molar-refractivity contribution in [2.75, 3.05) is 0 Å². The Hall–Kier alpha value is -1.09. The van der Waals surface area contributed by atoms with Crippen molar-refractivity contribution in [1.29, 1.82) is 0 Å². The first kappa shape index (κ1) is 5.67. The summed E-state index contributed by atoms with van der Waals surface area (Å²) in [7, 11) is 0.137. The third kappa shape index (κ3) is 0.843. The molecule has 0 radical (unpaired) electrons. The van der Waals surface area contributed by atoms with Crippen LogP contribution in [0.4, 0.5) is 0 Å². The Balaban J connectivity index is 2.54. The van der Waals surface area contributed by atoms with E-state index in [1.54, 1.807) is 0 Å². The Labute approximate surface area is 61.3 Å². The maximum atomic E-state index is 5.18. The van der Waals surface area contributed by atoms with Crippen molar-refractivity contribution < 1.29 is 4.84 Å². The van der Waals surface area contributed by atoms with Gasteiger partial charge in [-0.25, -0.2) is 0 Å². The summed E-state index contributed by atoms with van der Waals surface area (Å²) in [6.45, 7) is 0. The van der Waals surface area contributed by atoms with Crippen LogP contribution in [-0.2, 0) is 0 Å². The molecule has 0 amide bonds. The van der Waals surface area contributed by atoms with Crippen molar-refractivity contribution in [1.82, 2.24) is 5.15 Å². The molecule has 1 aromatic carbocycles. The molecule has 0 fully saturated rings. The standard InChI is InChI=1S/C7H7NOSi/c1-2-4-7-6(3-1)5-10-8-9-7/h1-5,8,10H. The molecule has 0 bridgehead atoms. The fourth-order valence-electron chi connectivity index (χ4n) is 0.932. The molecule has 1 aromatic rings. The SMILES string of the molecule is C1=[SiH]NOc2ccccc21. The van der Waals surface area contributed by atoms with Crippen molar-refractivity contribution in [2.45, 2.75) is 0 Å². The Bertz CT molecular complexity index is 272. The van der Waals surface area contributed by atoms with Crippen molar-refractivity contribution >= 4 is 15.0 Å². The number of para-hydroxylation sites is 1. The highest BCUT2D eigenvalue weighted by molar-refractivity contribution is 6.48. The fourth-order valence-corrected chi connectivity index (χ4v) is 1.65. The third-order valence-electron chi connectivity index (χ3n) is 1.42.